The Kier molecular flexibility index (Phi) is 3.73. The smallest absolute Gasteiger partial charge is 0.180 e. The highest BCUT2D eigenvalue weighted by atomic mass is 16.5. The van der Waals surface area contributed by atoms with E-state index in [1.54, 1.807) is 13.3 Å². The molecule has 0 saturated heterocycles. The average molecular weight is 275 g/mol. The first-order valence-electron chi connectivity index (χ1n) is 7.17. The van der Waals surface area contributed by atoms with E-state index in [4.69, 9.17) is 4.74 Å². The molecule has 3 rings (SSSR count). The molecule has 2 heterocycles. The first kappa shape index (κ1) is 13.2. The largest absolute Gasteiger partial charge is 0.381 e. The topological polar surface area (TPSA) is 63.5 Å². The Morgan fingerprint density at radius 2 is 2.30 bits per heavy atom. The van der Waals surface area contributed by atoms with Crippen molar-refractivity contribution in [2.24, 2.45) is 0 Å². The molecule has 108 valence electrons. The summed E-state index contributed by atoms with van der Waals surface area (Å²) < 4.78 is 7.31. The van der Waals surface area contributed by atoms with Crippen LogP contribution in [-0.2, 0) is 4.74 Å². The summed E-state index contributed by atoms with van der Waals surface area (Å²) in [6.07, 6.45) is 9.22. The minimum absolute atomic E-state index is 0.379. The summed E-state index contributed by atoms with van der Waals surface area (Å²) in [4.78, 5) is 9.01. The highest BCUT2D eigenvalue weighted by Gasteiger charge is 2.29. The number of ether oxygens (including phenoxy) is 1. The Labute approximate surface area is 118 Å². The third kappa shape index (κ3) is 2.56. The molecule has 0 amide bonds. The molecule has 1 saturated carbocycles. The Morgan fingerprint density at radius 1 is 1.45 bits per heavy atom. The monoisotopic (exact) mass is 275 g/mol. The summed E-state index contributed by atoms with van der Waals surface area (Å²) in [5, 5.41) is 6.80. The lowest BCUT2D eigenvalue weighted by atomic mass is 9.89. The summed E-state index contributed by atoms with van der Waals surface area (Å²) >= 11 is 0. The van der Waals surface area contributed by atoms with Crippen LogP contribution in [0.2, 0.25) is 0 Å². The molecular formula is C14H21N5O. The van der Waals surface area contributed by atoms with Crippen LogP contribution in [0.1, 0.15) is 26.2 Å². The molecule has 0 aromatic carbocycles. The highest BCUT2D eigenvalue weighted by molar-refractivity contribution is 5.65. The fourth-order valence-electron chi connectivity index (χ4n) is 2.44. The number of imidazole rings is 1. The molecule has 0 spiro atoms. The second kappa shape index (κ2) is 5.66. The number of methoxy groups -OCH3 is 1. The molecule has 6 heteroatoms. The van der Waals surface area contributed by atoms with E-state index < -0.39 is 0 Å². The maximum Gasteiger partial charge on any atom is 0.180 e. The molecule has 1 fully saturated rings. The molecule has 2 aromatic heterocycles. The number of fused-ring (bicyclic) bond motifs is 1. The van der Waals surface area contributed by atoms with Gasteiger partial charge in [-0.15, -0.1) is 0 Å². The molecule has 6 nitrogen and oxygen atoms in total. The van der Waals surface area contributed by atoms with Gasteiger partial charge in [0.2, 0.25) is 0 Å². The molecule has 20 heavy (non-hydrogen) atoms. The van der Waals surface area contributed by atoms with Gasteiger partial charge < -0.3 is 19.8 Å². The van der Waals surface area contributed by atoms with Crippen LogP contribution < -0.4 is 10.6 Å². The zero-order valence-corrected chi connectivity index (χ0v) is 12.0. The van der Waals surface area contributed by atoms with Gasteiger partial charge >= 0.3 is 0 Å². The van der Waals surface area contributed by atoms with Gasteiger partial charge in [-0.2, -0.15) is 0 Å². The van der Waals surface area contributed by atoms with E-state index in [-0.39, 0.29) is 0 Å². The summed E-state index contributed by atoms with van der Waals surface area (Å²) in [7, 11) is 1.77. The third-order valence-electron chi connectivity index (χ3n) is 3.70. The quantitative estimate of drug-likeness (QED) is 0.845. The van der Waals surface area contributed by atoms with Gasteiger partial charge in [0.05, 0.1) is 12.3 Å². The van der Waals surface area contributed by atoms with Gasteiger partial charge in [-0.05, 0) is 19.3 Å². The predicted molar refractivity (Wildman–Crippen MR) is 79.2 cm³/mol. The van der Waals surface area contributed by atoms with Gasteiger partial charge in [0.1, 0.15) is 5.82 Å². The summed E-state index contributed by atoms with van der Waals surface area (Å²) in [6.45, 7) is 3.06. The van der Waals surface area contributed by atoms with Gasteiger partial charge in [0, 0.05) is 32.1 Å². The predicted octanol–water partition coefficient (Wildman–Crippen LogP) is 2.14. The number of hydrogen-bond donors (Lipinski definition) is 2. The minimum Gasteiger partial charge on any atom is -0.381 e. The highest BCUT2D eigenvalue weighted by Crippen LogP contribution is 2.27. The Balaban J connectivity index is 1.79. The van der Waals surface area contributed by atoms with Crippen molar-refractivity contribution < 1.29 is 4.74 Å². The molecule has 0 bridgehead atoms. The number of anilines is 2. The van der Waals surface area contributed by atoms with Crippen molar-refractivity contribution in [3.05, 3.63) is 18.6 Å². The Hall–Kier alpha value is -1.82. The van der Waals surface area contributed by atoms with Gasteiger partial charge in [0.25, 0.3) is 0 Å². The van der Waals surface area contributed by atoms with Crippen LogP contribution in [0.4, 0.5) is 11.6 Å². The van der Waals surface area contributed by atoms with E-state index in [1.807, 2.05) is 16.8 Å². The van der Waals surface area contributed by atoms with Gasteiger partial charge in [0.15, 0.2) is 11.5 Å². The van der Waals surface area contributed by atoms with E-state index in [0.29, 0.717) is 12.1 Å². The van der Waals surface area contributed by atoms with Crippen LogP contribution in [0.3, 0.4) is 0 Å². The number of hydrogen-bond acceptors (Lipinski definition) is 5. The number of nitrogens with one attached hydrogen (secondary N) is 2. The van der Waals surface area contributed by atoms with Crippen molar-refractivity contribution in [2.45, 2.75) is 38.3 Å². The van der Waals surface area contributed by atoms with Crippen LogP contribution in [0.5, 0.6) is 0 Å². The number of nitrogens with zero attached hydrogens (tertiary/aromatic N) is 3. The van der Waals surface area contributed by atoms with Crippen molar-refractivity contribution in [1.29, 1.82) is 0 Å². The normalized spacial score (nSPS) is 21.7. The second-order valence-electron chi connectivity index (χ2n) is 5.23. The fourth-order valence-corrected chi connectivity index (χ4v) is 2.44. The Morgan fingerprint density at radius 3 is 3.05 bits per heavy atom. The molecule has 2 N–H and O–H groups in total. The van der Waals surface area contributed by atoms with E-state index in [9.17, 15) is 0 Å². The van der Waals surface area contributed by atoms with E-state index in [1.165, 1.54) is 0 Å². The summed E-state index contributed by atoms with van der Waals surface area (Å²) in [5.74, 6) is 1.72. The number of rotatable bonds is 6. The summed E-state index contributed by atoms with van der Waals surface area (Å²) in [5.41, 5.74) is 0.868. The van der Waals surface area contributed by atoms with Gasteiger partial charge in [-0.1, -0.05) is 6.92 Å². The van der Waals surface area contributed by atoms with Crippen LogP contribution >= 0.6 is 0 Å². The second-order valence-corrected chi connectivity index (χ2v) is 5.23. The zero-order chi connectivity index (χ0) is 13.9. The molecule has 0 aliphatic heterocycles. The fraction of sp³-hybridized carbons (Fsp3) is 0.571. The van der Waals surface area contributed by atoms with Gasteiger partial charge in [-0.25, -0.2) is 9.97 Å². The van der Waals surface area contributed by atoms with Crippen molar-refractivity contribution in [3.63, 3.8) is 0 Å². The first-order chi connectivity index (χ1) is 9.80. The molecule has 2 aromatic rings. The molecule has 0 atom stereocenters. The minimum atomic E-state index is 0.379. The van der Waals surface area contributed by atoms with Crippen molar-refractivity contribution >= 4 is 17.3 Å². The van der Waals surface area contributed by atoms with Crippen molar-refractivity contribution in [1.82, 2.24) is 14.4 Å². The average Bonchev–Trinajstić information content (AvgIpc) is 2.88. The van der Waals surface area contributed by atoms with Crippen LogP contribution in [0.25, 0.3) is 5.65 Å². The Bertz CT molecular complexity index is 576. The van der Waals surface area contributed by atoms with Crippen LogP contribution in [-0.4, -0.2) is 40.2 Å². The molecule has 1 aliphatic rings. The summed E-state index contributed by atoms with van der Waals surface area (Å²) in [6, 6.07) is 0.425. The van der Waals surface area contributed by atoms with E-state index >= 15 is 0 Å². The van der Waals surface area contributed by atoms with Crippen molar-refractivity contribution in [2.75, 3.05) is 24.3 Å². The molecule has 1 aliphatic carbocycles. The standard InChI is InChI=1S/C14H21N5O/c1-3-4-15-12-9-19-6-5-16-14(19)13(18-12)17-10-7-11(8-10)20-2/h5-6,9-11,15H,3-4,7-8H2,1-2H3,(H,17,18). The van der Waals surface area contributed by atoms with Crippen LogP contribution in [0.15, 0.2) is 18.6 Å². The molecule has 0 radical (unpaired) electrons. The molecular weight excluding hydrogens is 254 g/mol. The van der Waals surface area contributed by atoms with Gasteiger partial charge in [-0.3, -0.25) is 0 Å². The third-order valence-corrected chi connectivity index (χ3v) is 3.70. The van der Waals surface area contributed by atoms with E-state index in [2.05, 4.69) is 27.5 Å². The van der Waals surface area contributed by atoms with E-state index in [0.717, 1.165) is 43.1 Å². The molecule has 0 unspecified atom stereocenters. The maximum atomic E-state index is 5.31. The first-order valence-corrected chi connectivity index (χ1v) is 7.17. The zero-order valence-electron chi connectivity index (χ0n) is 12.0. The van der Waals surface area contributed by atoms with Crippen LogP contribution in [0, 0.1) is 0 Å². The van der Waals surface area contributed by atoms with Crippen molar-refractivity contribution in [3.8, 4) is 0 Å². The lowest BCUT2D eigenvalue weighted by molar-refractivity contribution is 0.0328. The SMILES string of the molecule is CCCNc1cn2ccnc2c(NC2CC(OC)C2)n1. The lowest BCUT2D eigenvalue weighted by Gasteiger charge is -2.34. The maximum absolute atomic E-state index is 5.31. The number of aromatic nitrogens is 3. The lowest BCUT2D eigenvalue weighted by Crippen LogP contribution is -2.40.